The number of aryl methyl sites for hydroxylation is 1. The maximum Gasteiger partial charge on any atom is 0.258 e. The third kappa shape index (κ3) is 4.45. The number of benzene rings is 1. The molecular formula is C18H26N2O3. The number of hydrogen-bond acceptors (Lipinski definition) is 4. The molecule has 126 valence electrons. The lowest BCUT2D eigenvalue weighted by Gasteiger charge is -2.37. The molecule has 0 aromatic heterocycles. The monoisotopic (exact) mass is 318 g/mol. The minimum Gasteiger partial charge on any atom is -0.483 e. The van der Waals surface area contributed by atoms with Gasteiger partial charge in [0.15, 0.2) is 6.61 Å². The van der Waals surface area contributed by atoms with Crippen molar-refractivity contribution in [2.45, 2.75) is 37.7 Å². The minimum absolute atomic E-state index is 0.0609. The van der Waals surface area contributed by atoms with E-state index in [1.807, 2.05) is 18.2 Å². The van der Waals surface area contributed by atoms with E-state index in [4.69, 9.17) is 9.47 Å². The van der Waals surface area contributed by atoms with Gasteiger partial charge in [-0.25, -0.2) is 0 Å². The SMILES string of the molecule is O=C1COc2ccccc2CCCCOC2(CCNCC2)CN1. The van der Waals surface area contributed by atoms with Crippen LogP contribution in [-0.4, -0.2) is 44.4 Å². The number of ether oxygens (including phenoxy) is 2. The van der Waals surface area contributed by atoms with Gasteiger partial charge in [-0.15, -0.1) is 0 Å². The molecule has 2 heterocycles. The first kappa shape index (κ1) is 16.3. The van der Waals surface area contributed by atoms with E-state index in [-0.39, 0.29) is 18.1 Å². The van der Waals surface area contributed by atoms with E-state index in [1.165, 1.54) is 0 Å². The highest BCUT2D eigenvalue weighted by Crippen LogP contribution is 2.24. The van der Waals surface area contributed by atoms with Crippen LogP contribution in [0.2, 0.25) is 0 Å². The van der Waals surface area contributed by atoms with Crippen LogP contribution in [0.5, 0.6) is 5.75 Å². The lowest BCUT2D eigenvalue weighted by atomic mass is 9.92. The summed E-state index contributed by atoms with van der Waals surface area (Å²) in [7, 11) is 0. The molecule has 23 heavy (non-hydrogen) atoms. The highest BCUT2D eigenvalue weighted by molar-refractivity contribution is 5.77. The molecule has 0 aliphatic carbocycles. The maximum absolute atomic E-state index is 12.1. The van der Waals surface area contributed by atoms with Gasteiger partial charge in [-0.2, -0.15) is 0 Å². The first-order valence-electron chi connectivity index (χ1n) is 8.60. The Balaban J connectivity index is 1.68. The summed E-state index contributed by atoms with van der Waals surface area (Å²) in [5.41, 5.74) is 0.943. The fraction of sp³-hybridized carbons (Fsp3) is 0.611. The number of fused-ring (bicyclic) bond motifs is 1. The van der Waals surface area contributed by atoms with Crippen molar-refractivity contribution in [1.82, 2.24) is 10.6 Å². The van der Waals surface area contributed by atoms with Crippen molar-refractivity contribution in [2.75, 3.05) is 32.8 Å². The minimum atomic E-state index is -0.220. The van der Waals surface area contributed by atoms with Crippen LogP contribution in [0.1, 0.15) is 31.2 Å². The Bertz CT molecular complexity index is 527. The Morgan fingerprint density at radius 1 is 1.09 bits per heavy atom. The summed E-state index contributed by atoms with van der Waals surface area (Å²) in [6, 6.07) is 7.97. The molecule has 1 aromatic rings. The van der Waals surface area contributed by atoms with Crippen LogP contribution in [-0.2, 0) is 16.0 Å². The second kappa shape index (κ2) is 7.79. The smallest absolute Gasteiger partial charge is 0.258 e. The molecule has 1 fully saturated rings. The van der Waals surface area contributed by atoms with Gasteiger partial charge in [-0.1, -0.05) is 18.2 Å². The number of nitrogens with one attached hydrogen (secondary N) is 2. The number of carbonyl (C=O) groups is 1. The van der Waals surface area contributed by atoms with Gasteiger partial charge in [0.1, 0.15) is 5.75 Å². The maximum atomic E-state index is 12.1. The number of amides is 1. The molecule has 2 N–H and O–H groups in total. The summed E-state index contributed by atoms with van der Waals surface area (Å²) in [6.45, 7) is 3.26. The standard InChI is InChI=1S/C18H26N2O3/c21-17-13-22-16-7-2-1-5-15(16)6-3-4-12-23-18(14-20-17)8-10-19-11-9-18/h1-2,5,7,19H,3-4,6,8-14H2,(H,20,21). The van der Waals surface area contributed by atoms with Crippen LogP contribution in [0, 0.1) is 0 Å². The molecule has 0 atom stereocenters. The van der Waals surface area contributed by atoms with Gasteiger partial charge in [0.2, 0.25) is 0 Å². The highest BCUT2D eigenvalue weighted by atomic mass is 16.5. The Kier molecular flexibility index (Phi) is 5.51. The van der Waals surface area contributed by atoms with Crippen molar-refractivity contribution in [2.24, 2.45) is 0 Å². The molecule has 1 amide bonds. The fourth-order valence-electron chi connectivity index (χ4n) is 3.27. The summed E-state index contributed by atoms with van der Waals surface area (Å²) in [4.78, 5) is 12.1. The third-order valence-electron chi connectivity index (χ3n) is 4.70. The van der Waals surface area contributed by atoms with E-state index >= 15 is 0 Å². The second-order valence-electron chi connectivity index (χ2n) is 6.41. The van der Waals surface area contributed by atoms with Gasteiger partial charge < -0.3 is 20.1 Å². The first-order chi connectivity index (χ1) is 11.3. The zero-order valence-electron chi connectivity index (χ0n) is 13.6. The average Bonchev–Trinajstić information content (AvgIpc) is 2.60. The molecule has 2 aliphatic heterocycles. The Hall–Kier alpha value is -1.59. The summed E-state index contributed by atoms with van der Waals surface area (Å²) < 4.78 is 11.9. The molecule has 1 spiro atoms. The molecule has 3 rings (SSSR count). The van der Waals surface area contributed by atoms with Gasteiger partial charge in [0.25, 0.3) is 5.91 Å². The van der Waals surface area contributed by atoms with Crippen molar-refractivity contribution in [3.05, 3.63) is 29.8 Å². The summed E-state index contributed by atoms with van der Waals surface area (Å²) in [5.74, 6) is 0.736. The Morgan fingerprint density at radius 2 is 1.91 bits per heavy atom. The summed E-state index contributed by atoms with van der Waals surface area (Å²) >= 11 is 0. The second-order valence-corrected chi connectivity index (χ2v) is 6.41. The molecule has 1 aromatic carbocycles. The van der Waals surface area contributed by atoms with Crippen molar-refractivity contribution in [3.63, 3.8) is 0 Å². The van der Waals surface area contributed by atoms with Crippen molar-refractivity contribution >= 4 is 5.91 Å². The Labute approximate surface area is 137 Å². The fourth-order valence-corrected chi connectivity index (χ4v) is 3.27. The lowest BCUT2D eigenvalue weighted by molar-refractivity contribution is -0.126. The largest absolute Gasteiger partial charge is 0.483 e. The van der Waals surface area contributed by atoms with Crippen molar-refractivity contribution in [1.29, 1.82) is 0 Å². The molecule has 5 heteroatoms. The first-order valence-corrected chi connectivity index (χ1v) is 8.60. The van der Waals surface area contributed by atoms with E-state index in [1.54, 1.807) is 0 Å². The molecule has 0 unspecified atom stereocenters. The van der Waals surface area contributed by atoms with E-state index < -0.39 is 0 Å². The zero-order valence-corrected chi connectivity index (χ0v) is 13.6. The average molecular weight is 318 g/mol. The Morgan fingerprint density at radius 3 is 2.78 bits per heavy atom. The van der Waals surface area contributed by atoms with Crippen LogP contribution in [0.4, 0.5) is 0 Å². The van der Waals surface area contributed by atoms with Gasteiger partial charge in [-0.05, 0) is 56.8 Å². The lowest BCUT2D eigenvalue weighted by Crippen LogP contribution is -2.52. The number of hydrogen-bond donors (Lipinski definition) is 2. The number of rotatable bonds is 0. The number of para-hydroxylation sites is 1. The van der Waals surface area contributed by atoms with E-state index in [2.05, 4.69) is 16.7 Å². The van der Waals surface area contributed by atoms with Gasteiger partial charge in [-0.3, -0.25) is 4.79 Å². The summed E-state index contributed by atoms with van der Waals surface area (Å²) in [6.07, 6.45) is 4.92. The topological polar surface area (TPSA) is 59.6 Å². The van der Waals surface area contributed by atoms with Crippen LogP contribution in [0.3, 0.4) is 0 Å². The zero-order chi connectivity index (χ0) is 16.0. The molecule has 0 saturated carbocycles. The molecule has 1 saturated heterocycles. The number of carbonyl (C=O) groups excluding carboxylic acids is 1. The predicted molar refractivity (Wildman–Crippen MR) is 88.7 cm³/mol. The van der Waals surface area contributed by atoms with Crippen LogP contribution in [0.15, 0.2) is 24.3 Å². The van der Waals surface area contributed by atoms with Crippen LogP contribution >= 0.6 is 0 Å². The third-order valence-corrected chi connectivity index (χ3v) is 4.70. The number of piperidine rings is 1. The molecule has 2 aliphatic rings. The highest BCUT2D eigenvalue weighted by Gasteiger charge is 2.33. The van der Waals surface area contributed by atoms with Crippen molar-refractivity contribution in [3.8, 4) is 5.75 Å². The quantitative estimate of drug-likeness (QED) is 0.764. The van der Waals surface area contributed by atoms with E-state index in [9.17, 15) is 4.79 Å². The molecule has 5 nitrogen and oxygen atoms in total. The van der Waals surface area contributed by atoms with Gasteiger partial charge >= 0.3 is 0 Å². The van der Waals surface area contributed by atoms with Crippen molar-refractivity contribution < 1.29 is 14.3 Å². The normalized spacial score (nSPS) is 22.7. The van der Waals surface area contributed by atoms with Crippen LogP contribution in [0.25, 0.3) is 0 Å². The van der Waals surface area contributed by atoms with E-state index in [0.29, 0.717) is 6.54 Å². The molecular weight excluding hydrogens is 292 g/mol. The van der Waals surface area contributed by atoms with Crippen LogP contribution < -0.4 is 15.4 Å². The van der Waals surface area contributed by atoms with E-state index in [0.717, 1.165) is 63.1 Å². The predicted octanol–water partition coefficient (Wildman–Crippen LogP) is 1.66. The van der Waals surface area contributed by atoms with Gasteiger partial charge in [0.05, 0.1) is 5.60 Å². The summed E-state index contributed by atoms with van der Waals surface area (Å²) in [5, 5.41) is 6.35. The molecule has 0 bridgehead atoms. The van der Waals surface area contributed by atoms with Gasteiger partial charge in [0, 0.05) is 13.2 Å². The molecule has 0 radical (unpaired) electrons.